The summed E-state index contributed by atoms with van der Waals surface area (Å²) in [6.45, 7) is 0. The van der Waals surface area contributed by atoms with Crippen LogP contribution in [0.5, 0.6) is 0 Å². The lowest BCUT2D eigenvalue weighted by atomic mass is 10.1. The largest absolute Gasteiger partial charge is 0.472 e. The number of pyridine rings is 1. The summed E-state index contributed by atoms with van der Waals surface area (Å²) >= 11 is 3.31. The Hall–Kier alpha value is -1.29. The summed E-state index contributed by atoms with van der Waals surface area (Å²) in [6.07, 6.45) is 5.00. The Balaban J connectivity index is 2.49. The maximum atomic E-state index is 5.56. The average Bonchev–Trinajstić information content (AvgIpc) is 2.62. The van der Waals surface area contributed by atoms with Crippen LogP contribution in [0.1, 0.15) is 0 Å². The van der Waals surface area contributed by atoms with Gasteiger partial charge in [-0.2, -0.15) is 0 Å². The quantitative estimate of drug-likeness (QED) is 0.832. The first-order valence-electron chi connectivity index (χ1n) is 3.71. The van der Waals surface area contributed by atoms with Crippen LogP contribution in [0, 0.1) is 0 Å². The van der Waals surface area contributed by atoms with Gasteiger partial charge in [-0.05, 0) is 28.1 Å². The fourth-order valence-corrected chi connectivity index (χ4v) is 1.38. The van der Waals surface area contributed by atoms with Crippen LogP contribution in [0.25, 0.3) is 11.1 Å². The summed E-state index contributed by atoms with van der Waals surface area (Å²) in [6, 6.07) is 3.78. The molecule has 0 spiro atoms. The van der Waals surface area contributed by atoms with Crippen molar-refractivity contribution < 1.29 is 4.42 Å². The SMILES string of the molecule is Nc1ncc(-c2ccoc2)cc1Br. The van der Waals surface area contributed by atoms with Crippen molar-refractivity contribution in [2.24, 2.45) is 0 Å². The normalized spacial score (nSPS) is 10.2. The van der Waals surface area contributed by atoms with E-state index in [1.54, 1.807) is 18.7 Å². The van der Waals surface area contributed by atoms with Crippen molar-refractivity contribution in [1.29, 1.82) is 0 Å². The highest BCUT2D eigenvalue weighted by atomic mass is 79.9. The first-order valence-corrected chi connectivity index (χ1v) is 4.50. The van der Waals surface area contributed by atoms with Crippen LogP contribution in [0.4, 0.5) is 5.82 Å². The molecule has 0 amide bonds. The van der Waals surface area contributed by atoms with Crippen molar-refractivity contribution in [3.8, 4) is 11.1 Å². The van der Waals surface area contributed by atoms with E-state index < -0.39 is 0 Å². The van der Waals surface area contributed by atoms with Gasteiger partial charge in [0.1, 0.15) is 5.82 Å². The molecule has 0 atom stereocenters. The van der Waals surface area contributed by atoms with Crippen LogP contribution in [0.3, 0.4) is 0 Å². The van der Waals surface area contributed by atoms with Crippen LogP contribution in [-0.2, 0) is 0 Å². The van der Waals surface area contributed by atoms with Crippen molar-refractivity contribution >= 4 is 21.7 Å². The molecule has 0 unspecified atom stereocenters. The first kappa shape index (κ1) is 8.31. The molecule has 0 aliphatic carbocycles. The molecule has 0 aliphatic rings. The number of nitrogens with zero attached hydrogens (tertiary/aromatic N) is 1. The number of aromatic nitrogens is 1. The average molecular weight is 239 g/mol. The summed E-state index contributed by atoms with van der Waals surface area (Å²) in [5.41, 5.74) is 7.54. The maximum Gasteiger partial charge on any atom is 0.137 e. The van der Waals surface area contributed by atoms with E-state index in [9.17, 15) is 0 Å². The van der Waals surface area contributed by atoms with Gasteiger partial charge >= 0.3 is 0 Å². The number of hydrogen-bond donors (Lipinski definition) is 1. The lowest BCUT2D eigenvalue weighted by molar-refractivity contribution is 0.568. The standard InChI is InChI=1S/C9H7BrN2O/c10-8-3-7(4-12-9(8)11)6-1-2-13-5-6/h1-5H,(H2,11,12). The zero-order valence-electron chi connectivity index (χ0n) is 6.70. The number of halogens is 1. The third kappa shape index (κ3) is 1.58. The van der Waals surface area contributed by atoms with E-state index in [0.29, 0.717) is 5.82 Å². The minimum atomic E-state index is 0.493. The highest BCUT2D eigenvalue weighted by Crippen LogP contribution is 2.25. The van der Waals surface area contributed by atoms with Crippen LogP contribution in [-0.4, -0.2) is 4.98 Å². The number of hydrogen-bond acceptors (Lipinski definition) is 3. The minimum absolute atomic E-state index is 0.493. The summed E-state index contributed by atoms with van der Waals surface area (Å²) in [5.74, 6) is 0.493. The van der Waals surface area contributed by atoms with Gasteiger partial charge in [-0.1, -0.05) is 0 Å². The van der Waals surface area contributed by atoms with Crippen molar-refractivity contribution in [3.05, 3.63) is 35.3 Å². The molecule has 0 saturated heterocycles. The summed E-state index contributed by atoms with van der Waals surface area (Å²) in [7, 11) is 0. The highest BCUT2D eigenvalue weighted by molar-refractivity contribution is 9.10. The molecule has 66 valence electrons. The number of furan rings is 1. The molecule has 4 heteroatoms. The van der Waals surface area contributed by atoms with Gasteiger partial charge in [0, 0.05) is 17.3 Å². The Kier molecular flexibility index (Phi) is 2.06. The predicted octanol–water partition coefficient (Wildman–Crippen LogP) is 2.69. The number of anilines is 1. The Morgan fingerprint density at radius 3 is 2.85 bits per heavy atom. The van der Waals surface area contributed by atoms with E-state index in [1.165, 1.54) is 0 Å². The monoisotopic (exact) mass is 238 g/mol. The molecule has 2 aromatic rings. The second-order valence-corrected chi connectivity index (χ2v) is 3.46. The maximum absolute atomic E-state index is 5.56. The van der Waals surface area contributed by atoms with Gasteiger partial charge in [0.05, 0.1) is 17.0 Å². The predicted molar refractivity (Wildman–Crippen MR) is 54.1 cm³/mol. The van der Waals surface area contributed by atoms with Gasteiger partial charge in [-0.15, -0.1) is 0 Å². The Bertz CT molecular complexity index is 412. The fourth-order valence-electron chi connectivity index (χ4n) is 1.04. The zero-order chi connectivity index (χ0) is 9.26. The Morgan fingerprint density at radius 1 is 1.38 bits per heavy atom. The second-order valence-electron chi connectivity index (χ2n) is 2.60. The number of nitrogen functional groups attached to an aromatic ring is 1. The van der Waals surface area contributed by atoms with E-state index in [4.69, 9.17) is 10.2 Å². The molecule has 3 nitrogen and oxygen atoms in total. The molecule has 0 aliphatic heterocycles. The third-order valence-electron chi connectivity index (χ3n) is 1.72. The molecule has 0 saturated carbocycles. The summed E-state index contributed by atoms with van der Waals surface area (Å²) in [5, 5.41) is 0. The molecule has 0 fully saturated rings. The van der Waals surface area contributed by atoms with Crippen LogP contribution < -0.4 is 5.73 Å². The molecule has 2 rings (SSSR count). The number of rotatable bonds is 1. The van der Waals surface area contributed by atoms with Crippen molar-refractivity contribution in [2.75, 3.05) is 5.73 Å². The molecule has 2 heterocycles. The van der Waals surface area contributed by atoms with Gasteiger partial charge in [-0.25, -0.2) is 4.98 Å². The fraction of sp³-hybridized carbons (Fsp3) is 0. The van der Waals surface area contributed by atoms with Crippen LogP contribution >= 0.6 is 15.9 Å². The van der Waals surface area contributed by atoms with Crippen LogP contribution in [0.15, 0.2) is 39.7 Å². The molecule has 0 aromatic carbocycles. The minimum Gasteiger partial charge on any atom is -0.472 e. The molecular formula is C9H7BrN2O. The molecule has 2 aromatic heterocycles. The van der Waals surface area contributed by atoms with Crippen molar-refractivity contribution in [1.82, 2.24) is 4.98 Å². The van der Waals surface area contributed by atoms with Gasteiger partial charge in [0.25, 0.3) is 0 Å². The topological polar surface area (TPSA) is 52.0 Å². The van der Waals surface area contributed by atoms with Gasteiger partial charge < -0.3 is 10.2 Å². The van der Waals surface area contributed by atoms with Gasteiger partial charge in [0.2, 0.25) is 0 Å². The molecule has 0 bridgehead atoms. The summed E-state index contributed by atoms with van der Waals surface area (Å²) in [4.78, 5) is 4.02. The number of nitrogens with two attached hydrogens (primary N) is 1. The van der Waals surface area contributed by atoms with Crippen molar-refractivity contribution in [2.45, 2.75) is 0 Å². The van der Waals surface area contributed by atoms with E-state index >= 15 is 0 Å². The Morgan fingerprint density at radius 2 is 2.23 bits per heavy atom. The molecule has 2 N–H and O–H groups in total. The Labute approximate surface area is 83.7 Å². The smallest absolute Gasteiger partial charge is 0.137 e. The van der Waals surface area contributed by atoms with Gasteiger partial charge in [0.15, 0.2) is 0 Å². The third-order valence-corrected chi connectivity index (χ3v) is 2.36. The van der Waals surface area contributed by atoms with Crippen LogP contribution in [0.2, 0.25) is 0 Å². The van der Waals surface area contributed by atoms with Gasteiger partial charge in [-0.3, -0.25) is 0 Å². The zero-order valence-corrected chi connectivity index (χ0v) is 8.28. The van der Waals surface area contributed by atoms with E-state index in [2.05, 4.69) is 20.9 Å². The lowest BCUT2D eigenvalue weighted by Crippen LogP contribution is -1.90. The van der Waals surface area contributed by atoms with Crippen molar-refractivity contribution in [3.63, 3.8) is 0 Å². The molecule has 13 heavy (non-hydrogen) atoms. The summed E-state index contributed by atoms with van der Waals surface area (Å²) < 4.78 is 5.76. The lowest BCUT2D eigenvalue weighted by Gasteiger charge is -1.99. The van der Waals surface area contributed by atoms with E-state index in [-0.39, 0.29) is 0 Å². The highest BCUT2D eigenvalue weighted by Gasteiger charge is 2.02. The second kappa shape index (κ2) is 3.22. The van der Waals surface area contributed by atoms with E-state index in [0.717, 1.165) is 15.6 Å². The van der Waals surface area contributed by atoms with E-state index in [1.807, 2.05) is 12.1 Å². The molecular weight excluding hydrogens is 232 g/mol. The first-order chi connectivity index (χ1) is 6.27. The molecule has 0 radical (unpaired) electrons.